The molecule has 0 aliphatic rings. The molecule has 5 heavy (non-hydrogen) atoms. The van der Waals surface area contributed by atoms with Crippen LogP contribution in [0, 0.1) is 5.92 Å². The maximum atomic E-state index is 2.16. The molecule has 1 radical (unpaired) electrons. The Morgan fingerprint density at radius 3 is 1.60 bits per heavy atom. The highest BCUT2D eigenvalue weighted by Gasteiger charge is 1.80. The van der Waals surface area contributed by atoms with Crippen molar-refractivity contribution in [3.63, 3.8) is 0 Å². The molecular weight excluding hydrogens is 60.1 g/mol. The molecule has 0 nitrogen and oxygen atoms in total. The molecule has 0 N–H and O–H groups in total. The van der Waals surface area contributed by atoms with Gasteiger partial charge in [0.05, 0.1) is 0 Å². The summed E-state index contributed by atoms with van der Waals surface area (Å²) in [4.78, 5) is 0. The van der Waals surface area contributed by atoms with Crippen molar-refractivity contribution in [2.45, 2.75) is 27.2 Å². The Hall–Kier alpha value is 0. The minimum Gasteiger partial charge on any atom is -0.0649 e. The van der Waals surface area contributed by atoms with Crippen molar-refractivity contribution < 1.29 is 0 Å². The van der Waals surface area contributed by atoms with Crippen LogP contribution in [0.5, 0.6) is 0 Å². The molecule has 0 fully saturated rings. The molecule has 0 atom stereocenters. The fraction of sp³-hybridized carbons (Fsp3) is 0.800. The van der Waals surface area contributed by atoms with Crippen LogP contribution in [0.3, 0.4) is 0 Å². The highest BCUT2D eigenvalue weighted by Crippen LogP contribution is 1.97. The maximum absolute atomic E-state index is 2.16. The summed E-state index contributed by atoms with van der Waals surface area (Å²) in [6.07, 6.45) is 1.22. The zero-order chi connectivity index (χ0) is 4.28. The van der Waals surface area contributed by atoms with Gasteiger partial charge in [0.25, 0.3) is 0 Å². The molecular formula is C5H11. The van der Waals surface area contributed by atoms with E-state index in [9.17, 15) is 0 Å². The van der Waals surface area contributed by atoms with E-state index in [4.69, 9.17) is 0 Å². The fourth-order valence-corrected chi connectivity index (χ4v) is 0. The molecule has 0 heteroatoms. The van der Waals surface area contributed by atoms with Crippen molar-refractivity contribution in [3.8, 4) is 0 Å². The lowest BCUT2D eigenvalue weighted by Gasteiger charge is -1.89. The van der Waals surface area contributed by atoms with Gasteiger partial charge in [-0.25, -0.2) is 0 Å². The molecule has 0 amide bonds. The third-order valence-electron chi connectivity index (χ3n) is 0.707. The van der Waals surface area contributed by atoms with Gasteiger partial charge in [-0.2, -0.15) is 0 Å². The van der Waals surface area contributed by atoms with Crippen LogP contribution < -0.4 is 0 Å². The molecule has 0 bridgehead atoms. The van der Waals surface area contributed by atoms with Gasteiger partial charge >= 0.3 is 0 Å². The van der Waals surface area contributed by atoms with E-state index in [0.29, 0.717) is 0 Å². The second kappa shape index (κ2) is 2.25. The summed E-state index contributed by atoms with van der Waals surface area (Å²) in [7, 11) is 0. The molecule has 0 aromatic carbocycles. The molecule has 0 aliphatic carbocycles. The zero-order valence-corrected chi connectivity index (χ0v) is 4.21. The molecule has 0 spiro atoms. The fourth-order valence-electron chi connectivity index (χ4n) is 0. The summed E-state index contributed by atoms with van der Waals surface area (Å²) in [5.41, 5.74) is 0. The Balaban J connectivity index is 2.54. The average molecular weight is 71.1 g/mol. The summed E-state index contributed by atoms with van der Waals surface area (Å²) in [6.45, 7) is 6.44. The highest BCUT2D eigenvalue weighted by atomic mass is 13.9. The van der Waals surface area contributed by atoms with E-state index < -0.39 is 0 Å². The molecule has 0 saturated carbocycles. The van der Waals surface area contributed by atoms with E-state index >= 15 is 0 Å². The summed E-state index contributed by atoms with van der Waals surface area (Å²) in [6, 6.07) is 0. The average Bonchev–Trinajstić information content (AvgIpc) is 1.38. The van der Waals surface area contributed by atoms with Crippen LogP contribution in [0.2, 0.25) is 0 Å². The van der Waals surface area contributed by atoms with Gasteiger partial charge in [-0.15, -0.1) is 0 Å². The Morgan fingerprint density at radius 1 is 1.40 bits per heavy atom. The first-order valence-corrected chi connectivity index (χ1v) is 2.06. The predicted molar refractivity (Wildman–Crippen MR) is 24.9 cm³/mol. The molecule has 0 saturated heterocycles. The van der Waals surface area contributed by atoms with Crippen LogP contribution in [-0.2, 0) is 0 Å². The summed E-state index contributed by atoms with van der Waals surface area (Å²) in [5, 5.41) is 0. The van der Waals surface area contributed by atoms with Crippen LogP contribution in [0.4, 0.5) is 0 Å². The zero-order valence-electron chi connectivity index (χ0n) is 4.21. The third-order valence-corrected chi connectivity index (χ3v) is 0.707. The van der Waals surface area contributed by atoms with E-state index in [0.717, 1.165) is 0 Å². The minimum atomic E-state index is 1.22. The smallest absolute Gasteiger partial charge is 0.0306 e. The van der Waals surface area contributed by atoms with E-state index in [2.05, 4.69) is 20.8 Å². The van der Waals surface area contributed by atoms with Crippen molar-refractivity contribution in [1.82, 2.24) is 0 Å². The standard InChI is InChI=1S/C5H11/c1-4-5(2)3/h4H2,1-3H3. The summed E-state index contributed by atoms with van der Waals surface area (Å²) >= 11 is 0. The summed E-state index contributed by atoms with van der Waals surface area (Å²) in [5.74, 6) is 1.50. The summed E-state index contributed by atoms with van der Waals surface area (Å²) < 4.78 is 0. The van der Waals surface area contributed by atoms with Crippen molar-refractivity contribution in [2.75, 3.05) is 0 Å². The Morgan fingerprint density at radius 2 is 1.60 bits per heavy atom. The second-order valence-corrected chi connectivity index (χ2v) is 1.56. The molecule has 0 heterocycles. The Kier molecular flexibility index (Phi) is 2.25. The van der Waals surface area contributed by atoms with Crippen molar-refractivity contribution in [3.05, 3.63) is 5.92 Å². The maximum Gasteiger partial charge on any atom is -0.0306 e. The quantitative estimate of drug-likeness (QED) is 0.443. The van der Waals surface area contributed by atoms with Gasteiger partial charge in [0.1, 0.15) is 0 Å². The lowest BCUT2D eigenvalue weighted by molar-refractivity contribution is 0.923. The Bertz CT molecular complexity index is 14.0. The molecule has 0 aliphatic heterocycles. The normalized spacial score (nSPS) is 9.60. The van der Waals surface area contributed by atoms with Crippen molar-refractivity contribution in [1.29, 1.82) is 0 Å². The van der Waals surface area contributed by atoms with Gasteiger partial charge in [-0.05, 0) is 5.92 Å². The largest absolute Gasteiger partial charge is 0.0649 e. The first-order chi connectivity index (χ1) is 2.27. The molecule has 0 unspecified atom stereocenters. The molecule has 0 aromatic rings. The van der Waals surface area contributed by atoms with Crippen LogP contribution in [0.15, 0.2) is 0 Å². The predicted octanol–water partition coefficient (Wildman–Crippen LogP) is 2.01. The Labute approximate surface area is 34.2 Å². The van der Waals surface area contributed by atoms with Gasteiger partial charge in [0, 0.05) is 0 Å². The van der Waals surface area contributed by atoms with Gasteiger partial charge in [-0.3, -0.25) is 0 Å². The van der Waals surface area contributed by atoms with Crippen molar-refractivity contribution in [2.24, 2.45) is 0 Å². The van der Waals surface area contributed by atoms with Gasteiger partial charge in [-0.1, -0.05) is 27.2 Å². The molecule has 0 rings (SSSR count). The van der Waals surface area contributed by atoms with Gasteiger partial charge in [0.2, 0.25) is 0 Å². The van der Waals surface area contributed by atoms with Crippen LogP contribution in [0.1, 0.15) is 27.2 Å². The first kappa shape index (κ1) is 5.00. The minimum absolute atomic E-state index is 1.22. The molecule has 0 aromatic heterocycles. The van der Waals surface area contributed by atoms with Crippen LogP contribution in [-0.4, -0.2) is 0 Å². The van der Waals surface area contributed by atoms with Gasteiger partial charge < -0.3 is 0 Å². The molecule has 31 valence electrons. The lowest BCUT2D eigenvalue weighted by Crippen LogP contribution is -1.73. The first-order valence-electron chi connectivity index (χ1n) is 2.06. The van der Waals surface area contributed by atoms with Crippen molar-refractivity contribution >= 4 is 0 Å². The van der Waals surface area contributed by atoms with E-state index in [1.165, 1.54) is 12.3 Å². The van der Waals surface area contributed by atoms with E-state index in [-0.39, 0.29) is 0 Å². The number of hydrogen-bond donors (Lipinski definition) is 0. The second-order valence-electron chi connectivity index (χ2n) is 1.56. The third kappa shape index (κ3) is 4.00. The van der Waals surface area contributed by atoms with E-state index in [1.54, 1.807) is 0 Å². The highest BCUT2D eigenvalue weighted by molar-refractivity contribution is 4.72. The van der Waals surface area contributed by atoms with Crippen LogP contribution in [0.25, 0.3) is 0 Å². The van der Waals surface area contributed by atoms with Gasteiger partial charge in [0.15, 0.2) is 0 Å². The van der Waals surface area contributed by atoms with E-state index in [1.807, 2.05) is 0 Å². The number of rotatable bonds is 1. The monoisotopic (exact) mass is 71.1 g/mol. The lowest BCUT2D eigenvalue weighted by atomic mass is 10.2. The number of hydrogen-bond acceptors (Lipinski definition) is 0. The van der Waals surface area contributed by atoms with Crippen LogP contribution >= 0.6 is 0 Å². The topological polar surface area (TPSA) is 0 Å². The SMILES string of the molecule is CC[C](C)C.